The van der Waals surface area contributed by atoms with Crippen molar-refractivity contribution in [2.45, 2.75) is 20.3 Å². The quantitative estimate of drug-likeness (QED) is 0.537. The highest BCUT2D eigenvalue weighted by Crippen LogP contribution is 2.24. The molecule has 0 aromatic carbocycles. The maximum absolute atomic E-state index is 11.8. The van der Waals surface area contributed by atoms with Crippen LogP contribution in [-0.4, -0.2) is 56.7 Å². The van der Waals surface area contributed by atoms with Gasteiger partial charge in [0.1, 0.15) is 6.35 Å². The van der Waals surface area contributed by atoms with Gasteiger partial charge in [-0.1, -0.05) is 8.58 Å². The lowest BCUT2D eigenvalue weighted by Crippen LogP contribution is -2.39. The molecule has 1 aliphatic heterocycles. The first-order valence-electron chi connectivity index (χ1n) is 6.18. The van der Waals surface area contributed by atoms with Crippen LogP contribution in [0.1, 0.15) is 20.3 Å². The number of nitrogens with zero attached hydrogens (tertiary/aromatic N) is 1. The zero-order valence-electron chi connectivity index (χ0n) is 11.1. The van der Waals surface area contributed by atoms with Gasteiger partial charge in [0.2, 0.25) is 0 Å². The molecule has 0 aromatic heterocycles. The molecule has 0 amide bonds. The molecule has 1 saturated heterocycles. The summed E-state index contributed by atoms with van der Waals surface area (Å²) in [6.07, 6.45) is 1.40. The molecular formula is C12H24NO3P. The molecule has 1 fully saturated rings. The van der Waals surface area contributed by atoms with Gasteiger partial charge in [-0.2, -0.15) is 0 Å². The molecule has 0 radical (unpaired) electrons. The predicted octanol–water partition coefficient (Wildman–Crippen LogP) is 1.54. The second kappa shape index (κ2) is 7.30. The molecular weight excluding hydrogens is 237 g/mol. The molecule has 0 saturated carbocycles. The second-order valence-corrected chi connectivity index (χ2v) is 6.01. The van der Waals surface area contributed by atoms with Crippen LogP contribution in [0.2, 0.25) is 0 Å². The largest absolute Gasteiger partial charge is 0.461 e. The Balaban J connectivity index is 2.29. The van der Waals surface area contributed by atoms with Crippen molar-refractivity contribution in [1.29, 1.82) is 0 Å². The fourth-order valence-corrected chi connectivity index (χ4v) is 1.97. The molecule has 0 aliphatic carbocycles. The van der Waals surface area contributed by atoms with E-state index in [9.17, 15) is 4.79 Å². The minimum absolute atomic E-state index is 0.0693. The van der Waals surface area contributed by atoms with Gasteiger partial charge in [0.15, 0.2) is 0 Å². The Morgan fingerprint density at radius 2 is 2.06 bits per heavy atom. The van der Waals surface area contributed by atoms with Crippen molar-refractivity contribution < 1.29 is 14.3 Å². The molecule has 1 unspecified atom stereocenters. The molecule has 17 heavy (non-hydrogen) atoms. The highest BCUT2D eigenvalue weighted by molar-refractivity contribution is 7.36. The minimum atomic E-state index is -0.377. The fourth-order valence-electron chi connectivity index (χ4n) is 1.70. The van der Waals surface area contributed by atoms with Crippen molar-refractivity contribution in [3.8, 4) is 0 Å². The van der Waals surface area contributed by atoms with Crippen LogP contribution in [-0.2, 0) is 14.3 Å². The summed E-state index contributed by atoms with van der Waals surface area (Å²) in [5.41, 5.74) is -0.377. The first-order chi connectivity index (χ1) is 8.06. The number of hydrogen-bond donors (Lipinski definition) is 0. The standard InChI is InChI=1S/C12H24NO3P/c1-12(2,11(14)16-10-17-3)4-5-13-6-8-15-9-7-13/h17H,4-10H2,1-3H3. The van der Waals surface area contributed by atoms with E-state index in [4.69, 9.17) is 9.47 Å². The molecule has 1 atom stereocenters. The van der Waals surface area contributed by atoms with E-state index < -0.39 is 0 Å². The van der Waals surface area contributed by atoms with Gasteiger partial charge in [0.05, 0.1) is 18.6 Å². The van der Waals surface area contributed by atoms with Crippen LogP contribution in [0.15, 0.2) is 0 Å². The van der Waals surface area contributed by atoms with E-state index in [0.717, 1.165) is 39.3 Å². The number of carbonyl (C=O) groups is 1. The molecule has 0 N–H and O–H groups in total. The van der Waals surface area contributed by atoms with Crippen molar-refractivity contribution in [2.75, 3.05) is 45.9 Å². The fraction of sp³-hybridized carbons (Fsp3) is 0.917. The Morgan fingerprint density at radius 3 is 2.65 bits per heavy atom. The summed E-state index contributed by atoms with van der Waals surface area (Å²) in [5, 5.41) is 0. The van der Waals surface area contributed by atoms with Crippen LogP contribution in [0.5, 0.6) is 0 Å². The van der Waals surface area contributed by atoms with E-state index in [1.54, 1.807) is 0 Å². The van der Waals surface area contributed by atoms with Gasteiger partial charge >= 0.3 is 5.97 Å². The van der Waals surface area contributed by atoms with Crippen molar-refractivity contribution in [3.63, 3.8) is 0 Å². The predicted molar refractivity (Wildman–Crippen MR) is 70.9 cm³/mol. The molecule has 1 rings (SSSR count). The number of morpholine rings is 1. The molecule has 100 valence electrons. The highest BCUT2D eigenvalue weighted by atomic mass is 31.1. The van der Waals surface area contributed by atoms with Gasteiger partial charge in [-0.25, -0.2) is 0 Å². The maximum atomic E-state index is 11.8. The molecule has 0 aromatic rings. The summed E-state index contributed by atoms with van der Waals surface area (Å²) in [4.78, 5) is 14.2. The van der Waals surface area contributed by atoms with Gasteiger partial charge in [-0.05, 0) is 33.5 Å². The van der Waals surface area contributed by atoms with E-state index in [1.165, 1.54) is 0 Å². The van der Waals surface area contributed by atoms with Gasteiger partial charge < -0.3 is 9.47 Å². The second-order valence-electron chi connectivity index (χ2n) is 5.02. The number of ether oxygens (including phenoxy) is 2. The Hall–Kier alpha value is -0.180. The Morgan fingerprint density at radius 1 is 1.41 bits per heavy atom. The molecule has 1 heterocycles. The lowest BCUT2D eigenvalue weighted by atomic mass is 9.89. The van der Waals surface area contributed by atoms with Crippen molar-refractivity contribution in [1.82, 2.24) is 4.90 Å². The normalized spacial score (nSPS) is 18.8. The summed E-state index contributed by atoms with van der Waals surface area (Å²) in [7, 11) is 0.666. The van der Waals surface area contributed by atoms with E-state index in [-0.39, 0.29) is 11.4 Å². The lowest BCUT2D eigenvalue weighted by Gasteiger charge is -2.30. The third-order valence-corrected chi connectivity index (χ3v) is 3.49. The van der Waals surface area contributed by atoms with E-state index in [1.807, 2.05) is 20.5 Å². The van der Waals surface area contributed by atoms with Gasteiger partial charge in [0, 0.05) is 13.1 Å². The number of rotatable bonds is 6. The van der Waals surface area contributed by atoms with Crippen molar-refractivity contribution in [2.24, 2.45) is 5.41 Å². The van der Waals surface area contributed by atoms with Gasteiger partial charge in [-0.3, -0.25) is 9.69 Å². The average molecular weight is 261 g/mol. The molecule has 1 aliphatic rings. The Labute approximate surface area is 106 Å². The van der Waals surface area contributed by atoms with Gasteiger partial charge in [0.25, 0.3) is 0 Å². The lowest BCUT2D eigenvalue weighted by molar-refractivity contribution is -0.152. The smallest absolute Gasteiger partial charge is 0.311 e. The summed E-state index contributed by atoms with van der Waals surface area (Å²) >= 11 is 0. The summed E-state index contributed by atoms with van der Waals surface area (Å²) < 4.78 is 10.5. The monoisotopic (exact) mass is 261 g/mol. The topological polar surface area (TPSA) is 38.8 Å². The summed E-state index contributed by atoms with van der Waals surface area (Å²) in [6, 6.07) is 0. The SMILES string of the molecule is CPCOC(=O)C(C)(C)CCN1CCOCC1. The molecule has 4 nitrogen and oxygen atoms in total. The van der Waals surface area contributed by atoms with Crippen LogP contribution in [0.25, 0.3) is 0 Å². The van der Waals surface area contributed by atoms with Crippen molar-refractivity contribution >= 4 is 14.6 Å². The molecule has 5 heteroatoms. The minimum Gasteiger partial charge on any atom is -0.461 e. The molecule has 0 bridgehead atoms. The summed E-state index contributed by atoms with van der Waals surface area (Å²) in [6.45, 7) is 10.5. The van der Waals surface area contributed by atoms with E-state index >= 15 is 0 Å². The van der Waals surface area contributed by atoms with Crippen LogP contribution in [0.3, 0.4) is 0 Å². The van der Waals surface area contributed by atoms with E-state index in [0.29, 0.717) is 14.9 Å². The highest BCUT2D eigenvalue weighted by Gasteiger charge is 2.29. The molecule has 0 spiro atoms. The van der Waals surface area contributed by atoms with Crippen LogP contribution < -0.4 is 0 Å². The van der Waals surface area contributed by atoms with Crippen LogP contribution in [0.4, 0.5) is 0 Å². The zero-order valence-corrected chi connectivity index (χ0v) is 12.1. The van der Waals surface area contributed by atoms with Crippen molar-refractivity contribution in [3.05, 3.63) is 0 Å². The first-order valence-corrected chi connectivity index (χ1v) is 7.89. The Kier molecular flexibility index (Phi) is 6.39. The number of hydrogen-bond acceptors (Lipinski definition) is 4. The number of esters is 1. The maximum Gasteiger partial charge on any atom is 0.311 e. The third kappa shape index (κ3) is 5.33. The van der Waals surface area contributed by atoms with Crippen LogP contribution in [0, 0.1) is 5.41 Å². The number of carbonyl (C=O) groups excluding carboxylic acids is 1. The van der Waals surface area contributed by atoms with Crippen LogP contribution >= 0.6 is 8.58 Å². The van der Waals surface area contributed by atoms with Gasteiger partial charge in [-0.15, -0.1) is 0 Å². The first kappa shape index (κ1) is 14.9. The average Bonchev–Trinajstić information content (AvgIpc) is 2.35. The zero-order chi connectivity index (χ0) is 12.7. The third-order valence-electron chi connectivity index (χ3n) is 3.06. The Bertz CT molecular complexity index is 240. The van der Waals surface area contributed by atoms with E-state index in [2.05, 4.69) is 4.90 Å². The summed E-state index contributed by atoms with van der Waals surface area (Å²) in [5.74, 6) is -0.0693.